The van der Waals surface area contributed by atoms with E-state index in [1.54, 1.807) is 0 Å². The molecule has 1 aromatic heterocycles. The molecule has 5 aliphatic rings. The highest BCUT2D eigenvalue weighted by atomic mass is 79.9. The number of hydrogen-bond donors (Lipinski definition) is 25. The minimum absolute atomic E-state index is 0.00756. The zero-order chi connectivity index (χ0) is 82.2. The predicted molar refractivity (Wildman–Crippen MR) is 374 cm³/mol. The van der Waals surface area contributed by atoms with Gasteiger partial charge >= 0.3 is 0 Å². The number of nitrogens with one attached hydrogen (secondary N) is 10. The number of hydrogen-bond acceptors (Lipinski definition) is 37. The highest BCUT2D eigenvalue weighted by molar-refractivity contribution is 9.09. The summed E-state index contributed by atoms with van der Waals surface area (Å²) in [7, 11) is 0. The quantitative estimate of drug-likeness (QED) is 0.0214. The van der Waals surface area contributed by atoms with Gasteiger partial charge < -0.3 is 168 Å². The van der Waals surface area contributed by atoms with Crippen LogP contribution in [0.5, 0.6) is 0 Å². The topological polar surface area (TPSA) is 722 Å². The van der Waals surface area contributed by atoms with Gasteiger partial charge in [-0.05, 0) is 19.3 Å². The lowest BCUT2D eigenvalue weighted by atomic mass is 9.94. The van der Waals surface area contributed by atoms with Crippen LogP contribution in [0.15, 0.2) is 6.20 Å². The van der Waals surface area contributed by atoms with Crippen molar-refractivity contribution in [3.63, 3.8) is 0 Å². The summed E-state index contributed by atoms with van der Waals surface area (Å²) in [6.07, 6.45) is -36.0. The summed E-state index contributed by atoms with van der Waals surface area (Å²) in [5, 5.41) is 180. The van der Waals surface area contributed by atoms with Crippen molar-refractivity contribution in [2.24, 2.45) is 5.73 Å². The number of aliphatic hydroxyl groups is 14. The molecule has 6 rings (SSSR count). The third-order valence-corrected chi connectivity index (χ3v) is 20.3. The summed E-state index contributed by atoms with van der Waals surface area (Å²) in [6, 6.07) is -9.23. The van der Waals surface area contributed by atoms with Gasteiger partial charge in [-0.3, -0.25) is 52.7 Å². The summed E-state index contributed by atoms with van der Waals surface area (Å²) < 4.78 is 46.7. The molecule has 50 heteroatoms. The fourth-order valence-corrected chi connectivity index (χ4v) is 14.1. The number of aromatic nitrogens is 3. The van der Waals surface area contributed by atoms with Crippen molar-refractivity contribution in [3.8, 4) is 0 Å². The van der Waals surface area contributed by atoms with E-state index in [1.807, 2.05) is 0 Å². The first-order valence-corrected chi connectivity index (χ1v) is 38.1. The third kappa shape index (κ3) is 26.6. The zero-order valence-corrected chi connectivity index (χ0v) is 63.4. The van der Waals surface area contributed by atoms with Gasteiger partial charge in [-0.2, -0.15) is 0 Å². The molecule has 5 saturated heterocycles. The molecule has 0 spiro atoms. The van der Waals surface area contributed by atoms with Crippen LogP contribution in [-0.2, 0) is 97.2 Å². The van der Waals surface area contributed by atoms with Crippen LogP contribution in [0.25, 0.3) is 0 Å². The first-order valence-electron chi connectivity index (χ1n) is 34.7. The molecule has 10 unspecified atom stereocenters. The maximum Gasteiger partial charge on any atom is 0.246 e. The fraction of sp³-hybridized carbons (Fsp3) is 0.787. The summed E-state index contributed by atoms with van der Waals surface area (Å²) in [6.45, 7) is -0.977. The molecule has 111 heavy (non-hydrogen) atoms. The standard InChI is InChI=1S/C61H99BrN14O33S2/c1-22(82)66-29(19-111-21-38(89)73-58-40(68-24(3)84)45(93)53(34(16-81)104-58)109-61-50(98)48(96)43(91)31(13-78)107-61)56(101)70-27(7-5-6-8-64-36(87)17-102-51-32(14-79)105-59(41(46(51)94)69-25(4)85)76-11-26(74-75-76)10-65-35(86)9-62)55(100)71-28(54(63)99)18-110-20-37(88)72-57-39(67-23(2)83)44(92)52(33(15-80)103-57)108-60-49(97)47(95)42(90)30(12-77)106-60/h11,27-34,39-53,57-61,77-81,90-98H,5-10,12-21H2,1-4H3,(H2,63,99)(H,64,87)(H,65,86)(H,66,82)(H,67,83)(H,68,84)(H,69,85)(H,70,101)(H,71,100)(H,72,88)(H,73,89)/t27-,28-,29-,30?,31?,32?,33?,34?,39?,40?,41?,42-,43-,44+,45+,46+,47-,48-,49?,50?,51+,52+,53+,57+,58+,59+,60-,61-/m0/s1. The molecule has 0 radical (unpaired) electrons. The van der Waals surface area contributed by atoms with Crippen molar-refractivity contribution in [1.82, 2.24) is 68.2 Å². The maximum atomic E-state index is 14.4. The Morgan fingerprint density at radius 3 is 1.41 bits per heavy atom. The van der Waals surface area contributed by atoms with Crippen molar-refractivity contribution in [1.29, 1.82) is 0 Å². The number of aliphatic hydroxyl groups excluding tert-OH is 14. The Balaban J connectivity index is 1.12. The number of ether oxygens (including phenoxy) is 8. The van der Waals surface area contributed by atoms with Crippen LogP contribution in [0.3, 0.4) is 0 Å². The van der Waals surface area contributed by atoms with Gasteiger partial charge in [0.15, 0.2) is 31.3 Å². The second-order valence-corrected chi connectivity index (χ2v) is 28.8. The van der Waals surface area contributed by atoms with Gasteiger partial charge in [0.1, 0.15) is 152 Å². The molecule has 0 saturated carbocycles. The van der Waals surface area contributed by atoms with Crippen LogP contribution < -0.4 is 58.9 Å². The van der Waals surface area contributed by atoms with Gasteiger partial charge in [0.05, 0.1) is 62.6 Å². The number of alkyl halides is 1. The lowest BCUT2D eigenvalue weighted by molar-refractivity contribution is -0.336. The molecule has 0 aliphatic carbocycles. The number of carbonyl (C=O) groups excluding carboxylic acids is 11. The van der Waals surface area contributed by atoms with Gasteiger partial charge in [0, 0.05) is 45.7 Å². The van der Waals surface area contributed by atoms with Crippen LogP contribution in [0, 0.1) is 0 Å². The van der Waals surface area contributed by atoms with Crippen LogP contribution in [0.1, 0.15) is 58.9 Å². The summed E-state index contributed by atoms with van der Waals surface area (Å²) in [5.74, 6) is -11.1. The predicted octanol–water partition coefficient (Wildman–Crippen LogP) is -15.1. The number of primary amides is 1. The van der Waals surface area contributed by atoms with Crippen molar-refractivity contribution in [3.05, 3.63) is 11.9 Å². The number of nitrogens with two attached hydrogens (primary N) is 1. The molecule has 47 nitrogen and oxygen atoms in total. The SMILES string of the molecule is CC(=O)NC1[C@H](NC(=O)CSC[C@H](NC(=O)[C@H](CCCCNC(=O)CO[C@@H]2C(CO)O[C@@H](n3cc(CNC(=O)CBr)nn3)C(NC(C)=O)[C@H]2O)NC(=O)[C@H](CSCC(=O)N[C@@H]2OC(CO)[C@@H](O[C@@H]3OC(CO)[C@H](O)[C@H](O)C3O)[C@H](O)C2NC(C)=O)NC(C)=O)C(N)=O)OC(CO)[C@@H](O[C@@H]2OC(CO)[C@H](O)[C@H](O)C2O)[C@@H]1O. The van der Waals surface area contributed by atoms with E-state index in [9.17, 15) is 124 Å². The summed E-state index contributed by atoms with van der Waals surface area (Å²) in [5.41, 5.74) is 6.01. The highest BCUT2D eigenvalue weighted by Crippen LogP contribution is 2.33. The normalized spacial score (nSPS) is 32.9. The molecule has 5 aliphatic heterocycles. The van der Waals surface area contributed by atoms with Gasteiger partial charge in [-0.25, -0.2) is 4.68 Å². The zero-order valence-electron chi connectivity index (χ0n) is 60.2. The first kappa shape index (κ1) is 93.5. The second-order valence-electron chi connectivity index (χ2n) is 26.2. The monoisotopic (exact) mass is 1700 g/mol. The van der Waals surface area contributed by atoms with Crippen LogP contribution in [0.2, 0.25) is 0 Å². The molecular formula is C61H99BrN14O33S2. The van der Waals surface area contributed by atoms with E-state index < -0.39 is 293 Å². The number of nitrogens with zero attached hydrogens (tertiary/aromatic N) is 3. The summed E-state index contributed by atoms with van der Waals surface area (Å²) in [4.78, 5) is 144. The minimum atomic E-state index is -1.97. The van der Waals surface area contributed by atoms with E-state index in [-0.39, 0.29) is 49.3 Å². The van der Waals surface area contributed by atoms with E-state index in [0.29, 0.717) is 11.8 Å². The number of amides is 11. The Hall–Kier alpha value is -6.39. The fourth-order valence-electron chi connectivity index (χ4n) is 12.2. The lowest BCUT2D eigenvalue weighted by Gasteiger charge is -2.47. The number of unbranched alkanes of at least 4 members (excludes halogenated alkanes) is 1. The molecule has 0 aromatic carbocycles. The van der Waals surface area contributed by atoms with Crippen LogP contribution >= 0.6 is 39.5 Å². The molecule has 6 heterocycles. The van der Waals surface area contributed by atoms with Crippen LogP contribution in [0.4, 0.5) is 0 Å². The molecule has 0 bridgehead atoms. The van der Waals surface area contributed by atoms with Gasteiger partial charge in [-0.1, -0.05) is 21.1 Å². The van der Waals surface area contributed by atoms with E-state index >= 15 is 0 Å². The largest absolute Gasteiger partial charge is 0.394 e. The van der Waals surface area contributed by atoms with Crippen molar-refractivity contribution < 1.29 is 162 Å². The lowest BCUT2D eigenvalue weighted by Crippen LogP contribution is -2.70. The molecule has 26 N–H and O–H groups in total. The van der Waals surface area contributed by atoms with Gasteiger partial charge in [0.2, 0.25) is 65.0 Å². The molecule has 1 aromatic rings. The average molecular weight is 1700 g/mol. The Morgan fingerprint density at radius 2 is 0.955 bits per heavy atom. The summed E-state index contributed by atoms with van der Waals surface area (Å²) >= 11 is 4.46. The first-order chi connectivity index (χ1) is 52.6. The molecule has 5 fully saturated rings. The Kier molecular flexibility index (Phi) is 37.9. The number of halogens is 1. The molecule has 630 valence electrons. The smallest absolute Gasteiger partial charge is 0.246 e. The van der Waals surface area contributed by atoms with Crippen LogP contribution in [-0.4, -0.2) is 391 Å². The van der Waals surface area contributed by atoms with E-state index in [2.05, 4.69) is 79.4 Å². The number of thioether (sulfide) groups is 2. The third-order valence-electron chi connectivity index (χ3n) is 17.7. The van der Waals surface area contributed by atoms with Crippen molar-refractivity contribution in [2.75, 3.05) is 74.5 Å². The minimum Gasteiger partial charge on any atom is -0.394 e. The van der Waals surface area contributed by atoms with E-state index in [1.165, 1.54) is 6.20 Å². The Bertz CT molecular complexity index is 3260. The van der Waals surface area contributed by atoms with Gasteiger partial charge in [-0.15, -0.1) is 28.6 Å². The maximum absolute atomic E-state index is 14.4. The van der Waals surface area contributed by atoms with E-state index in [4.69, 9.17) is 43.6 Å². The van der Waals surface area contributed by atoms with E-state index in [0.717, 1.165) is 44.1 Å². The Morgan fingerprint density at radius 1 is 0.505 bits per heavy atom. The molecular weight excluding hydrogens is 1600 g/mol. The molecule has 28 atom stereocenters. The second kappa shape index (κ2) is 45.1. The average Bonchev–Trinajstić information content (AvgIpc) is 1.41. The highest BCUT2D eigenvalue weighted by Gasteiger charge is 2.54. The number of carbonyl (C=O) groups is 11. The van der Waals surface area contributed by atoms with Crippen molar-refractivity contribution in [2.45, 2.75) is 225 Å². The van der Waals surface area contributed by atoms with Crippen molar-refractivity contribution >= 4 is 104 Å². The van der Waals surface area contributed by atoms with Gasteiger partial charge in [0.25, 0.3) is 0 Å². The molecule has 11 amide bonds. The number of rotatable bonds is 40. The Labute approximate surface area is 648 Å².